The minimum absolute atomic E-state index is 0.0442. The fourth-order valence-electron chi connectivity index (χ4n) is 3.05. The number of thioether (sulfide) groups is 1. The summed E-state index contributed by atoms with van der Waals surface area (Å²) in [5, 5.41) is 1.25. The second kappa shape index (κ2) is 10.3. The van der Waals surface area contributed by atoms with Crippen molar-refractivity contribution in [2.24, 2.45) is 0 Å². The Balaban J connectivity index is 1.80. The van der Waals surface area contributed by atoms with E-state index in [1.54, 1.807) is 28.8 Å². The standard InChI is InChI=1S/C21H27N3O4S2/c1-5-27-10-7-9-24-20(26)18-14(2)15(3)30-19(18)22-21(24)29-13-17(25)23(4)12-16-8-6-11-28-16/h6,8,11H,5,7,9-10,12-13H2,1-4H3. The van der Waals surface area contributed by atoms with Crippen LogP contribution < -0.4 is 5.56 Å². The van der Waals surface area contributed by atoms with Crippen LogP contribution in [-0.2, 0) is 22.6 Å². The maximum atomic E-state index is 13.2. The quantitative estimate of drug-likeness (QED) is 0.266. The normalized spacial score (nSPS) is 11.3. The highest BCUT2D eigenvalue weighted by atomic mass is 32.2. The van der Waals surface area contributed by atoms with Gasteiger partial charge < -0.3 is 14.1 Å². The Morgan fingerprint density at radius 1 is 1.40 bits per heavy atom. The van der Waals surface area contributed by atoms with Crippen LogP contribution in [0.4, 0.5) is 0 Å². The van der Waals surface area contributed by atoms with Crippen molar-refractivity contribution >= 4 is 39.2 Å². The molecular weight excluding hydrogens is 422 g/mol. The van der Waals surface area contributed by atoms with Gasteiger partial charge in [0.15, 0.2) is 5.16 Å². The van der Waals surface area contributed by atoms with Crippen LogP contribution in [0.5, 0.6) is 0 Å². The zero-order valence-electron chi connectivity index (χ0n) is 17.8. The molecule has 0 saturated heterocycles. The van der Waals surface area contributed by atoms with Gasteiger partial charge in [-0.15, -0.1) is 11.3 Å². The van der Waals surface area contributed by atoms with Gasteiger partial charge in [0.05, 0.1) is 23.9 Å². The first-order chi connectivity index (χ1) is 14.4. The van der Waals surface area contributed by atoms with Crippen LogP contribution in [0.15, 0.2) is 32.8 Å². The van der Waals surface area contributed by atoms with E-state index in [1.165, 1.54) is 23.1 Å². The lowest BCUT2D eigenvalue weighted by Crippen LogP contribution is -2.29. The van der Waals surface area contributed by atoms with Crippen molar-refractivity contribution < 1.29 is 13.9 Å². The van der Waals surface area contributed by atoms with E-state index in [0.717, 1.165) is 21.0 Å². The molecule has 9 heteroatoms. The number of ether oxygens (including phenoxy) is 1. The average molecular weight is 450 g/mol. The Hall–Kier alpha value is -2.10. The molecule has 0 bridgehead atoms. The molecule has 0 aliphatic rings. The molecular formula is C21H27N3O4S2. The first-order valence-corrected chi connectivity index (χ1v) is 11.7. The van der Waals surface area contributed by atoms with Crippen LogP contribution in [0.1, 0.15) is 29.5 Å². The van der Waals surface area contributed by atoms with Crippen LogP contribution in [0.3, 0.4) is 0 Å². The van der Waals surface area contributed by atoms with Crippen molar-refractivity contribution in [1.82, 2.24) is 14.5 Å². The number of furan rings is 1. The lowest BCUT2D eigenvalue weighted by atomic mass is 10.2. The van der Waals surface area contributed by atoms with Crippen molar-refractivity contribution in [3.63, 3.8) is 0 Å². The van der Waals surface area contributed by atoms with Gasteiger partial charge in [-0.2, -0.15) is 0 Å². The highest BCUT2D eigenvalue weighted by molar-refractivity contribution is 7.99. The molecule has 0 radical (unpaired) electrons. The number of rotatable bonds is 10. The largest absolute Gasteiger partial charge is 0.467 e. The van der Waals surface area contributed by atoms with E-state index < -0.39 is 0 Å². The van der Waals surface area contributed by atoms with Gasteiger partial charge in [0.25, 0.3) is 5.56 Å². The number of thiophene rings is 1. The van der Waals surface area contributed by atoms with Crippen molar-refractivity contribution in [3.8, 4) is 0 Å². The summed E-state index contributed by atoms with van der Waals surface area (Å²) in [5.41, 5.74) is 0.939. The summed E-state index contributed by atoms with van der Waals surface area (Å²) in [7, 11) is 1.74. The number of fused-ring (bicyclic) bond motifs is 1. The third-order valence-electron chi connectivity index (χ3n) is 4.85. The molecule has 0 saturated carbocycles. The Labute approximate surface area is 184 Å². The van der Waals surface area contributed by atoms with Gasteiger partial charge in [0.2, 0.25) is 5.91 Å². The maximum absolute atomic E-state index is 13.2. The number of aromatic nitrogens is 2. The zero-order valence-corrected chi connectivity index (χ0v) is 19.4. The van der Waals surface area contributed by atoms with Crippen molar-refractivity contribution in [2.75, 3.05) is 26.0 Å². The van der Waals surface area contributed by atoms with Crippen molar-refractivity contribution in [3.05, 3.63) is 45.0 Å². The topological polar surface area (TPSA) is 77.6 Å². The highest BCUT2D eigenvalue weighted by Crippen LogP contribution is 2.28. The molecule has 3 heterocycles. The number of carbonyl (C=O) groups is 1. The lowest BCUT2D eigenvalue weighted by molar-refractivity contribution is -0.127. The summed E-state index contributed by atoms with van der Waals surface area (Å²) in [6.07, 6.45) is 2.30. The second-order valence-electron chi connectivity index (χ2n) is 6.98. The summed E-state index contributed by atoms with van der Waals surface area (Å²) in [6, 6.07) is 3.64. The van der Waals surface area contributed by atoms with Gasteiger partial charge >= 0.3 is 0 Å². The third-order valence-corrected chi connectivity index (χ3v) is 6.91. The van der Waals surface area contributed by atoms with Gasteiger partial charge in [0.1, 0.15) is 10.6 Å². The summed E-state index contributed by atoms with van der Waals surface area (Å²) in [6.45, 7) is 8.05. The number of nitrogens with zero attached hydrogens (tertiary/aromatic N) is 3. The molecule has 0 atom stereocenters. The molecule has 0 aliphatic carbocycles. The predicted molar refractivity (Wildman–Crippen MR) is 120 cm³/mol. The average Bonchev–Trinajstić information content (AvgIpc) is 3.32. The molecule has 1 amide bonds. The van der Waals surface area contributed by atoms with E-state index in [0.29, 0.717) is 43.3 Å². The molecule has 0 spiro atoms. The van der Waals surface area contributed by atoms with Crippen LogP contribution >= 0.6 is 23.1 Å². The Morgan fingerprint density at radius 3 is 2.90 bits per heavy atom. The zero-order chi connectivity index (χ0) is 21.7. The molecule has 3 rings (SSSR count). The second-order valence-corrected chi connectivity index (χ2v) is 9.13. The van der Waals surface area contributed by atoms with Crippen LogP contribution in [0.2, 0.25) is 0 Å². The summed E-state index contributed by atoms with van der Waals surface area (Å²) >= 11 is 2.82. The molecule has 0 fully saturated rings. The Bertz CT molecular complexity index is 1060. The molecule has 0 aliphatic heterocycles. The molecule has 0 unspecified atom stereocenters. The number of carbonyl (C=O) groups excluding carboxylic acids is 1. The summed E-state index contributed by atoms with van der Waals surface area (Å²) < 4.78 is 12.4. The van der Waals surface area contributed by atoms with Crippen molar-refractivity contribution in [1.29, 1.82) is 0 Å². The van der Waals surface area contributed by atoms with Crippen LogP contribution in [0, 0.1) is 13.8 Å². The van der Waals surface area contributed by atoms with Gasteiger partial charge in [-0.1, -0.05) is 11.8 Å². The number of amides is 1. The van der Waals surface area contributed by atoms with Crippen LogP contribution in [-0.4, -0.2) is 46.4 Å². The molecule has 3 aromatic rings. The Kier molecular flexibility index (Phi) is 7.74. The number of hydrogen-bond donors (Lipinski definition) is 0. The minimum Gasteiger partial charge on any atom is -0.467 e. The van der Waals surface area contributed by atoms with E-state index in [-0.39, 0.29) is 17.2 Å². The fraction of sp³-hybridized carbons (Fsp3) is 0.476. The molecule has 7 nitrogen and oxygen atoms in total. The predicted octanol–water partition coefficient (Wildman–Crippen LogP) is 3.85. The number of hydrogen-bond acceptors (Lipinski definition) is 7. The van der Waals surface area contributed by atoms with E-state index >= 15 is 0 Å². The van der Waals surface area contributed by atoms with Gasteiger partial charge in [-0.05, 0) is 44.9 Å². The Morgan fingerprint density at radius 2 is 2.20 bits per heavy atom. The smallest absolute Gasteiger partial charge is 0.263 e. The maximum Gasteiger partial charge on any atom is 0.263 e. The monoisotopic (exact) mass is 449 g/mol. The minimum atomic E-state index is -0.0508. The lowest BCUT2D eigenvalue weighted by Gasteiger charge is -2.16. The van der Waals surface area contributed by atoms with Gasteiger partial charge in [-0.3, -0.25) is 14.2 Å². The van der Waals surface area contributed by atoms with Gasteiger partial charge in [-0.25, -0.2) is 4.98 Å². The van der Waals surface area contributed by atoms with E-state index in [4.69, 9.17) is 14.1 Å². The number of aryl methyl sites for hydroxylation is 2. The van der Waals surface area contributed by atoms with E-state index in [2.05, 4.69) is 0 Å². The summed E-state index contributed by atoms with van der Waals surface area (Å²) in [4.78, 5) is 34.0. The summed E-state index contributed by atoms with van der Waals surface area (Å²) in [5.74, 6) is 0.877. The molecule has 0 aromatic carbocycles. The van der Waals surface area contributed by atoms with Gasteiger partial charge in [0, 0.05) is 31.7 Å². The van der Waals surface area contributed by atoms with Crippen LogP contribution in [0.25, 0.3) is 10.2 Å². The van der Waals surface area contributed by atoms with Crippen molar-refractivity contribution in [2.45, 2.75) is 45.4 Å². The van der Waals surface area contributed by atoms with E-state index in [1.807, 2.05) is 26.8 Å². The highest BCUT2D eigenvalue weighted by Gasteiger charge is 2.19. The third kappa shape index (κ3) is 5.14. The molecule has 162 valence electrons. The first-order valence-electron chi connectivity index (χ1n) is 9.89. The fourth-order valence-corrected chi connectivity index (χ4v) is 5.08. The first kappa shape index (κ1) is 22.6. The SMILES string of the molecule is CCOCCCn1c(SCC(=O)N(C)Cc2ccco2)nc2sc(C)c(C)c2c1=O. The molecule has 3 aromatic heterocycles. The molecule has 0 N–H and O–H groups in total. The molecule has 30 heavy (non-hydrogen) atoms. The van der Waals surface area contributed by atoms with E-state index in [9.17, 15) is 9.59 Å².